The molecule has 1 aliphatic heterocycles. The summed E-state index contributed by atoms with van der Waals surface area (Å²) in [6, 6.07) is 0. The molecule has 32 heavy (non-hydrogen) atoms. The highest BCUT2D eigenvalue weighted by molar-refractivity contribution is 7.26. The van der Waals surface area contributed by atoms with E-state index in [0.717, 1.165) is 5.70 Å². The molecule has 0 aromatic rings. The number of rotatable bonds is 9. The van der Waals surface area contributed by atoms with E-state index < -0.39 is 85.2 Å². The minimum atomic E-state index is -8.24. The lowest BCUT2D eigenvalue weighted by Gasteiger charge is -2.43. The highest BCUT2D eigenvalue weighted by atomic mass is 29.4. The van der Waals surface area contributed by atoms with Gasteiger partial charge in [-0.05, 0) is 16.7 Å². The van der Waals surface area contributed by atoms with Crippen molar-refractivity contribution in [2.75, 3.05) is 0 Å². The summed E-state index contributed by atoms with van der Waals surface area (Å²) in [6.07, 6.45) is -12.0. The van der Waals surface area contributed by atoms with Crippen molar-refractivity contribution < 1.29 is 74.6 Å². The molecule has 0 nitrogen and oxygen atoms in total. The van der Waals surface area contributed by atoms with Gasteiger partial charge in [0.05, 0.1) is 0 Å². The van der Waals surface area contributed by atoms with Crippen LogP contribution in [0.1, 0.15) is 12.8 Å². The molecule has 0 amide bonds. The Morgan fingerprint density at radius 1 is 0.531 bits per heavy atom. The van der Waals surface area contributed by atoms with Crippen molar-refractivity contribution in [3.8, 4) is 0 Å². The Balaban J connectivity index is 3.49. The molecule has 188 valence electrons. The van der Waals surface area contributed by atoms with Gasteiger partial charge in [-0.2, -0.15) is 65.9 Å². The maximum atomic E-state index is 13.9. The molecule has 1 aliphatic rings. The molecule has 0 aliphatic carbocycles. The lowest BCUT2D eigenvalue weighted by atomic mass is 9.90. The maximum Gasteiger partial charge on any atom is 0.389 e. The minimum absolute atomic E-state index is 0.352. The third-order valence-electron chi connectivity index (χ3n) is 4.34. The first-order valence-corrected chi connectivity index (χ1v) is 15.1. The van der Waals surface area contributed by atoms with Gasteiger partial charge in [-0.15, -0.1) is 0 Å². The smallest absolute Gasteiger partial charge is 0.205 e. The van der Waals surface area contributed by atoms with E-state index in [2.05, 4.69) is 0 Å². The third-order valence-corrected chi connectivity index (χ3v) is 17.9. The van der Waals surface area contributed by atoms with Crippen LogP contribution in [0.4, 0.5) is 74.6 Å². The average molecular weight is 560 g/mol. The van der Waals surface area contributed by atoms with Crippen molar-refractivity contribution >= 4 is 25.1 Å². The maximum absolute atomic E-state index is 13.9. The number of hydrogen-bond acceptors (Lipinski definition) is 0. The highest BCUT2D eigenvalue weighted by Crippen LogP contribution is 2.63. The second-order valence-electron chi connectivity index (χ2n) is 6.61. The second kappa shape index (κ2) is 8.15. The number of hydrogen-bond donors (Lipinski definition) is 0. The van der Waals surface area contributed by atoms with E-state index in [4.69, 9.17) is 0 Å². The molecule has 1 heterocycles. The second-order valence-corrected chi connectivity index (χ2v) is 17.9. The van der Waals surface area contributed by atoms with Crippen molar-refractivity contribution in [3.63, 3.8) is 0 Å². The summed E-state index contributed by atoms with van der Waals surface area (Å²) in [7, 11) is -7.11. The Morgan fingerprint density at radius 3 is 1.31 bits per heavy atom. The Kier molecular flexibility index (Phi) is 7.45. The highest BCUT2D eigenvalue weighted by Gasteiger charge is 2.92. The first-order chi connectivity index (χ1) is 13.8. The zero-order valence-electron chi connectivity index (χ0n) is 14.7. The number of halogens is 17. The Bertz CT molecular complexity index is 738. The van der Waals surface area contributed by atoms with Gasteiger partial charge in [0.25, 0.3) is 5.55 Å². The van der Waals surface area contributed by atoms with E-state index in [1.54, 1.807) is 0 Å². The Morgan fingerprint density at radius 2 is 0.938 bits per heavy atom. The van der Waals surface area contributed by atoms with Crippen molar-refractivity contribution in [2.45, 2.75) is 60.1 Å². The van der Waals surface area contributed by atoms with Gasteiger partial charge >= 0.3 is 41.7 Å². The zero-order chi connectivity index (χ0) is 25.8. The largest absolute Gasteiger partial charge is 0.389 e. The summed E-state index contributed by atoms with van der Waals surface area (Å²) in [5.74, 6) is -46.4. The van der Waals surface area contributed by atoms with Crippen LogP contribution in [0.15, 0.2) is 11.4 Å². The predicted molar refractivity (Wildman–Crippen MR) is 80.5 cm³/mol. The van der Waals surface area contributed by atoms with Gasteiger partial charge in [0.15, 0.2) is 8.31 Å². The van der Waals surface area contributed by atoms with Gasteiger partial charge in [-0.1, -0.05) is 11.4 Å². The fourth-order valence-electron chi connectivity index (χ4n) is 2.37. The molecule has 1 rings (SSSR count). The lowest BCUT2D eigenvalue weighted by molar-refractivity contribution is -0.436. The summed E-state index contributed by atoms with van der Waals surface area (Å²) < 4.78 is 226. The van der Waals surface area contributed by atoms with E-state index in [1.807, 2.05) is 0 Å². The van der Waals surface area contributed by atoms with Crippen molar-refractivity contribution in [1.29, 1.82) is 0 Å². The topological polar surface area (TPSA) is 0 Å². The average Bonchev–Trinajstić information content (AvgIpc) is 3.13. The van der Waals surface area contributed by atoms with Crippen LogP contribution in [-0.4, -0.2) is 72.3 Å². The quantitative estimate of drug-likeness (QED) is 0.278. The molecule has 0 saturated carbocycles. The van der Waals surface area contributed by atoms with Crippen molar-refractivity contribution in [2.24, 2.45) is 0 Å². The van der Waals surface area contributed by atoms with Gasteiger partial charge in [0.1, 0.15) is 0 Å². The van der Waals surface area contributed by atoms with Crippen LogP contribution in [0, 0.1) is 0 Å². The van der Waals surface area contributed by atoms with Gasteiger partial charge in [0.2, 0.25) is 0 Å². The molecular weight excluding hydrogens is 551 g/mol. The van der Waals surface area contributed by atoms with Gasteiger partial charge in [0, 0.05) is 12.8 Å². The summed E-state index contributed by atoms with van der Waals surface area (Å²) in [4.78, 5) is 0. The fraction of sp³-hybridized carbons (Fsp3) is 0.833. The van der Waals surface area contributed by atoms with Crippen LogP contribution in [-0.2, 0) is 0 Å². The Hall–Kier alpha value is -0.799. The number of alkyl halides is 17. The third kappa shape index (κ3) is 4.33. The van der Waals surface area contributed by atoms with Crippen LogP contribution in [0.2, 0.25) is 0 Å². The van der Waals surface area contributed by atoms with Gasteiger partial charge in [-0.25, -0.2) is 8.78 Å². The van der Waals surface area contributed by atoms with Gasteiger partial charge in [-0.3, -0.25) is 0 Å². The molecule has 20 heteroatoms. The molecule has 1 atom stereocenters. The van der Waals surface area contributed by atoms with Crippen molar-refractivity contribution in [3.05, 3.63) is 11.4 Å². The standard InChI is InChI=1S/C12H9F17Si3/c13-5(14,1-2-6(15,16)17)7(18,19)8(20,21)9(22,23)10(24,25)11(26,27)12(28,29)32-4-3-30-31-32/h3-4,30-32H,1-2H2. The molecule has 0 bridgehead atoms. The monoisotopic (exact) mass is 560 g/mol. The molecular formula is C12H9F17Si3. The van der Waals surface area contributed by atoms with Crippen LogP contribution in [0.25, 0.3) is 0 Å². The molecule has 0 fully saturated rings. The molecule has 0 N–H and O–H groups in total. The molecule has 1 unspecified atom stereocenters. The molecule has 0 saturated heterocycles. The Labute approximate surface area is 172 Å². The lowest BCUT2D eigenvalue weighted by Crippen LogP contribution is -2.74. The molecule has 0 aromatic heterocycles. The summed E-state index contributed by atoms with van der Waals surface area (Å²) in [6.45, 7) is 0. The van der Waals surface area contributed by atoms with E-state index in [9.17, 15) is 74.6 Å². The predicted octanol–water partition coefficient (Wildman–Crippen LogP) is 4.89. The summed E-state index contributed by atoms with van der Waals surface area (Å²) >= 11 is 0. The van der Waals surface area contributed by atoms with Crippen LogP contribution in [0.5, 0.6) is 0 Å². The normalized spacial score (nSPS) is 19.7. The van der Waals surface area contributed by atoms with Gasteiger partial charge < -0.3 is 0 Å². The van der Waals surface area contributed by atoms with E-state index in [1.165, 1.54) is 0 Å². The fourth-order valence-corrected chi connectivity index (χ4v) is 17.2. The van der Waals surface area contributed by atoms with Crippen LogP contribution < -0.4 is 0 Å². The van der Waals surface area contributed by atoms with E-state index in [-0.39, 0.29) is 0 Å². The summed E-state index contributed by atoms with van der Waals surface area (Å²) in [5, 5.41) is 0. The molecule has 0 spiro atoms. The van der Waals surface area contributed by atoms with E-state index in [0.29, 0.717) is 5.70 Å². The van der Waals surface area contributed by atoms with Crippen LogP contribution in [0.3, 0.4) is 0 Å². The molecule has 0 aromatic carbocycles. The molecule has 0 radical (unpaired) electrons. The van der Waals surface area contributed by atoms with Crippen LogP contribution >= 0.6 is 0 Å². The van der Waals surface area contributed by atoms with E-state index >= 15 is 0 Å². The van der Waals surface area contributed by atoms with Crippen molar-refractivity contribution in [1.82, 2.24) is 0 Å². The summed E-state index contributed by atoms with van der Waals surface area (Å²) in [5.41, 5.74) is -4.80. The first kappa shape index (κ1) is 29.2. The minimum Gasteiger partial charge on any atom is -0.205 e. The SMILES string of the molecule is FC(F)(F)CCC(F)(F)C(F)(F)C(F)(F)C(F)(F)C(F)(F)C(F)(F)C(F)(F)[SiH]1C=C[SiH]=[SiH]1. The zero-order valence-corrected chi connectivity index (χ0v) is 18.2. The first-order valence-electron chi connectivity index (χ1n) is 7.88.